The number of carbonyl (C=O) groups excluding carboxylic acids is 6. The zero-order valence-electron chi connectivity index (χ0n) is 38.2. The van der Waals surface area contributed by atoms with Crippen LogP contribution in [0.15, 0.2) is 48.5 Å². The lowest BCUT2D eigenvalue weighted by atomic mass is 9.67. The highest BCUT2D eigenvalue weighted by Gasteiger charge is 2.53. The summed E-state index contributed by atoms with van der Waals surface area (Å²) in [6.07, 6.45) is 14.5. The number of hydrogen-bond donors (Lipinski definition) is 4. The molecule has 14 nitrogen and oxygen atoms in total. The van der Waals surface area contributed by atoms with Crippen molar-refractivity contribution in [2.75, 3.05) is 13.1 Å². The van der Waals surface area contributed by atoms with Gasteiger partial charge in [-0.2, -0.15) is 10.5 Å². The molecule has 6 fully saturated rings. The predicted molar refractivity (Wildman–Crippen MR) is 256 cm³/mol. The van der Waals surface area contributed by atoms with Gasteiger partial charge in [-0.15, -0.1) is 0 Å². The van der Waals surface area contributed by atoms with Crippen LogP contribution in [0.4, 0.5) is 0 Å². The number of rotatable bonds is 10. The molecule has 2 saturated heterocycles. The molecule has 0 bridgehead atoms. The summed E-state index contributed by atoms with van der Waals surface area (Å²) >= 11 is 12.2. The fourth-order valence-electron chi connectivity index (χ4n) is 11.8. The average molecular weight is 962 g/mol. The van der Waals surface area contributed by atoms with E-state index in [4.69, 9.17) is 23.2 Å². The first-order valence-electron chi connectivity index (χ1n) is 24.4. The molecule has 4 aromatic rings. The van der Waals surface area contributed by atoms with Gasteiger partial charge in [-0.3, -0.25) is 28.8 Å². The Labute approximate surface area is 405 Å². The van der Waals surface area contributed by atoms with Crippen molar-refractivity contribution in [1.29, 1.82) is 10.5 Å². The number of nitrogens with zero attached hydrogens (tertiary/aromatic N) is 4. The van der Waals surface area contributed by atoms with E-state index in [1.807, 2.05) is 12.1 Å². The molecule has 2 aromatic carbocycles. The third-order valence-corrected chi connectivity index (χ3v) is 16.4. The third-order valence-electron chi connectivity index (χ3n) is 15.9. The van der Waals surface area contributed by atoms with Crippen molar-refractivity contribution in [2.45, 2.75) is 140 Å². The van der Waals surface area contributed by atoms with Crippen molar-refractivity contribution in [3.05, 3.63) is 70.0 Å². The highest BCUT2D eigenvalue weighted by atomic mass is 35.5. The number of ketones is 2. The summed E-state index contributed by atoms with van der Waals surface area (Å²) in [5, 5.41) is 28.0. The standard InChI is InChI=1S/2C26H29ClN4O3/c2*27-18-7-6-16-11-21(30-20(16)12-18)25(34)31-15-26(8-3-9-26)13-22(31)24(33)29-19(14-28)10-17-4-1-2-5-23(17)32/h2*6-7,11-12,17,19,22,30H,1-5,8-10,13,15H2,(H,29,33)/t2*17-,19-,22?/m00/s1. The van der Waals surface area contributed by atoms with Crippen LogP contribution in [0, 0.1) is 45.3 Å². The number of halogens is 2. The van der Waals surface area contributed by atoms with E-state index >= 15 is 0 Å². The van der Waals surface area contributed by atoms with Gasteiger partial charge < -0.3 is 30.4 Å². The molecule has 6 atom stereocenters. The summed E-state index contributed by atoms with van der Waals surface area (Å²) in [6.45, 7) is 1.08. The van der Waals surface area contributed by atoms with Gasteiger partial charge in [0.05, 0.1) is 12.1 Å². The number of Topliss-reactive ketones (excluding diaryl/α,β-unsaturated/α-hetero) is 2. The third kappa shape index (κ3) is 9.91. The Kier molecular flexibility index (Phi) is 13.7. The van der Waals surface area contributed by atoms with Gasteiger partial charge in [-0.1, -0.05) is 61.0 Å². The van der Waals surface area contributed by atoms with E-state index in [1.54, 1.807) is 46.2 Å². The van der Waals surface area contributed by atoms with E-state index in [1.165, 1.54) is 0 Å². The topological polar surface area (TPSA) is 212 Å². The second-order valence-electron chi connectivity index (χ2n) is 20.5. The Balaban J connectivity index is 0.000000170. The molecular weight excluding hydrogens is 904 g/mol. The molecule has 4 heterocycles. The van der Waals surface area contributed by atoms with E-state index < -0.39 is 24.2 Å². The van der Waals surface area contributed by atoms with Gasteiger partial charge in [-0.25, -0.2) is 0 Å². The second-order valence-corrected chi connectivity index (χ2v) is 21.4. The number of benzene rings is 2. The van der Waals surface area contributed by atoms with E-state index in [0.29, 0.717) is 73.0 Å². The maximum Gasteiger partial charge on any atom is 0.271 e. The minimum atomic E-state index is -0.732. The molecular formula is C52H58Cl2N8O6. The summed E-state index contributed by atoms with van der Waals surface area (Å²) in [5.74, 6) is -1.000. The van der Waals surface area contributed by atoms with Crippen LogP contribution in [0.3, 0.4) is 0 Å². The lowest BCUT2D eigenvalue weighted by molar-refractivity contribution is -0.127. The molecule has 356 valence electrons. The number of nitriles is 2. The lowest BCUT2D eigenvalue weighted by Gasteiger charge is -2.37. The Hall–Kier alpha value is -5.70. The van der Waals surface area contributed by atoms with Crippen LogP contribution >= 0.6 is 23.2 Å². The number of nitrogens with one attached hydrogen (secondary N) is 4. The van der Waals surface area contributed by atoms with Crippen molar-refractivity contribution in [2.24, 2.45) is 22.7 Å². The Bertz CT molecular complexity index is 2540. The van der Waals surface area contributed by atoms with Crippen LogP contribution in [-0.4, -0.2) is 92.2 Å². The van der Waals surface area contributed by atoms with Crippen molar-refractivity contribution in [1.82, 2.24) is 30.4 Å². The molecule has 2 spiro atoms. The molecule has 4 amide bonds. The van der Waals surface area contributed by atoms with E-state index in [-0.39, 0.29) is 57.9 Å². The van der Waals surface area contributed by atoms with Gasteiger partial charge >= 0.3 is 0 Å². The number of aromatic nitrogens is 2. The largest absolute Gasteiger partial charge is 0.350 e. The normalized spacial score (nSPS) is 24.6. The fourth-order valence-corrected chi connectivity index (χ4v) is 12.2. The predicted octanol–water partition coefficient (Wildman–Crippen LogP) is 8.73. The number of hydrogen-bond acceptors (Lipinski definition) is 8. The molecule has 2 aliphatic heterocycles. The van der Waals surface area contributed by atoms with Gasteiger partial charge in [0.15, 0.2) is 0 Å². The van der Waals surface area contributed by atoms with Crippen LogP contribution in [0.1, 0.15) is 137 Å². The average Bonchev–Trinajstić information content (AvgIpc) is 4.12. The molecule has 68 heavy (non-hydrogen) atoms. The number of carbonyl (C=O) groups is 6. The summed E-state index contributed by atoms with van der Waals surface area (Å²) in [7, 11) is 0. The molecule has 2 aromatic heterocycles. The number of fused-ring (bicyclic) bond motifs is 2. The Morgan fingerprint density at radius 3 is 1.40 bits per heavy atom. The Morgan fingerprint density at radius 2 is 1.04 bits per heavy atom. The summed E-state index contributed by atoms with van der Waals surface area (Å²) in [6, 6.07) is 16.0. The van der Waals surface area contributed by atoms with Crippen LogP contribution in [0.5, 0.6) is 0 Å². The van der Waals surface area contributed by atoms with Gasteiger partial charge in [0.1, 0.15) is 47.1 Å². The molecule has 0 radical (unpaired) electrons. The summed E-state index contributed by atoms with van der Waals surface area (Å²) in [5.41, 5.74) is 2.36. The SMILES string of the molecule is N#C[C@H](C[C@@H]1CCCCC1=O)NC(=O)C1CC2(CCC2)CN1C(=O)c1cc2ccc(Cl)cc2[nH]1.N#C[C@H](C[C@@H]1CCCCC1=O)NC(=O)C1CC2(CCC2)CN1C(=O)c1cc2ccc(Cl)cc2[nH]1. The first-order chi connectivity index (χ1) is 32.7. The Morgan fingerprint density at radius 1 is 0.632 bits per heavy atom. The first kappa shape index (κ1) is 47.4. The van der Waals surface area contributed by atoms with Gasteiger partial charge in [0.25, 0.3) is 11.8 Å². The van der Waals surface area contributed by atoms with Crippen molar-refractivity contribution in [3.8, 4) is 12.1 Å². The van der Waals surface area contributed by atoms with E-state index in [0.717, 1.165) is 98.9 Å². The van der Waals surface area contributed by atoms with Crippen molar-refractivity contribution >= 4 is 80.2 Å². The molecule has 4 N–H and O–H groups in total. The van der Waals surface area contributed by atoms with Crippen LogP contribution in [0.2, 0.25) is 10.0 Å². The summed E-state index contributed by atoms with van der Waals surface area (Å²) in [4.78, 5) is 87.9. The maximum atomic E-state index is 13.5. The summed E-state index contributed by atoms with van der Waals surface area (Å²) < 4.78 is 0. The molecule has 2 unspecified atom stereocenters. The van der Waals surface area contributed by atoms with E-state index in [9.17, 15) is 39.3 Å². The molecule has 4 saturated carbocycles. The number of amides is 4. The number of likely N-dealkylation sites (tertiary alicyclic amines) is 2. The van der Waals surface area contributed by atoms with Gasteiger partial charge in [0.2, 0.25) is 11.8 Å². The van der Waals surface area contributed by atoms with Crippen molar-refractivity contribution < 1.29 is 28.8 Å². The van der Waals surface area contributed by atoms with Gasteiger partial charge in [0, 0.05) is 69.6 Å². The fraction of sp³-hybridized carbons (Fsp3) is 0.538. The molecule has 16 heteroatoms. The lowest BCUT2D eigenvalue weighted by Crippen LogP contribution is -2.49. The molecule has 6 aliphatic rings. The highest BCUT2D eigenvalue weighted by Crippen LogP contribution is 2.52. The number of H-pyrrole nitrogens is 2. The molecule has 10 rings (SSSR count). The van der Waals surface area contributed by atoms with Crippen molar-refractivity contribution in [3.63, 3.8) is 0 Å². The zero-order chi connectivity index (χ0) is 47.7. The van der Waals surface area contributed by atoms with Crippen LogP contribution < -0.4 is 10.6 Å². The van der Waals surface area contributed by atoms with E-state index in [2.05, 4.69) is 32.7 Å². The molecule has 4 aliphatic carbocycles. The minimum Gasteiger partial charge on any atom is -0.350 e. The highest BCUT2D eigenvalue weighted by molar-refractivity contribution is 6.31. The maximum absolute atomic E-state index is 13.5. The smallest absolute Gasteiger partial charge is 0.271 e. The zero-order valence-corrected chi connectivity index (χ0v) is 39.7. The van der Waals surface area contributed by atoms with Crippen LogP contribution in [0.25, 0.3) is 21.8 Å². The number of aromatic amines is 2. The first-order valence-corrected chi connectivity index (χ1v) is 25.1. The monoisotopic (exact) mass is 960 g/mol. The minimum absolute atomic E-state index is 0.0194. The van der Waals surface area contributed by atoms with Gasteiger partial charge in [-0.05, 0) is 124 Å². The quantitative estimate of drug-likeness (QED) is 0.120. The van der Waals surface area contributed by atoms with Crippen LogP contribution in [-0.2, 0) is 19.2 Å². The second kappa shape index (κ2) is 19.7.